The minimum absolute atomic E-state index is 0.0351. The highest BCUT2D eigenvalue weighted by molar-refractivity contribution is 5.44. The van der Waals surface area contributed by atoms with E-state index in [2.05, 4.69) is 0 Å². The molecule has 0 spiro atoms. The zero-order chi connectivity index (χ0) is 10.7. The molecule has 0 amide bonds. The lowest BCUT2D eigenvalue weighted by Crippen LogP contribution is -2.16. The van der Waals surface area contributed by atoms with Gasteiger partial charge in [-0.25, -0.2) is 0 Å². The van der Waals surface area contributed by atoms with E-state index < -0.39 is 0 Å². The van der Waals surface area contributed by atoms with E-state index in [0.717, 1.165) is 22.4 Å². The number of nitrogens with two attached hydrogens (primary N) is 1. The van der Waals surface area contributed by atoms with Crippen molar-refractivity contribution < 1.29 is 9.84 Å². The average molecular weight is 195 g/mol. The molecule has 14 heavy (non-hydrogen) atoms. The van der Waals surface area contributed by atoms with E-state index in [0.29, 0.717) is 0 Å². The molecule has 3 heteroatoms. The van der Waals surface area contributed by atoms with Crippen LogP contribution in [0, 0.1) is 13.8 Å². The zero-order valence-corrected chi connectivity index (χ0v) is 8.87. The highest BCUT2D eigenvalue weighted by Gasteiger charge is 2.11. The van der Waals surface area contributed by atoms with Gasteiger partial charge in [0, 0.05) is 0 Å². The van der Waals surface area contributed by atoms with Gasteiger partial charge < -0.3 is 15.6 Å². The van der Waals surface area contributed by atoms with Crippen molar-refractivity contribution in [2.45, 2.75) is 19.9 Å². The number of methoxy groups -OCH3 is 1. The summed E-state index contributed by atoms with van der Waals surface area (Å²) in [6.45, 7) is 3.94. The molecule has 0 bridgehead atoms. The van der Waals surface area contributed by atoms with Gasteiger partial charge in [-0.1, -0.05) is 6.07 Å². The lowest BCUT2D eigenvalue weighted by atomic mass is 9.97. The molecule has 0 fully saturated rings. The highest BCUT2D eigenvalue weighted by Crippen LogP contribution is 2.26. The normalized spacial score (nSPS) is 12.6. The Hall–Kier alpha value is -1.06. The highest BCUT2D eigenvalue weighted by atomic mass is 16.5. The minimum Gasteiger partial charge on any atom is -0.496 e. The summed E-state index contributed by atoms with van der Waals surface area (Å²) in [5.74, 6) is 0.858. The van der Waals surface area contributed by atoms with E-state index in [1.807, 2.05) is 26.0 Å². The van der Waals surface area contributed by atoms with E-state index in [1.165, 1.54) is 0 Å². The number of aliphatic hydroxyl groups is 1. The summed E-state index contributed by atoms with van der Waals surface area (Å²) in [4.78, 5) is 0. The van der Waals surface area contributed by atoms with Crippen molar-refractivity contribution in [2.75, 3.05) is 13.7 Å². The van der Waals surface area contributed by atoms with Gasteiger partial charge in [-0.3, -0.25) is 0 Å². The summed E-state index contributed by atoms with van der Waals surface area (Å²) in [6.07, 6.45) is 0. The molecule has 0 aromatic heterocycles. The third kappa shape index (κ3) is 1.89. The summed E-state index contributed by atoms with van der Waals surface area (Å²) in [5.41, 5.74) is 8.91. The van der Waals surface area contributed by atoms with Gasteiger partial charge in [-0.05, 0) is 36.6 Å². The third-order valence-corrected chi connectivity index (χ3v) is 2.60. The molecule has 0 saturated heterocycles. The molecule has 0 aliphatic heterocycles. The number of benzene rings is 1. The summed E-state index contributed by atoms with van der Waals surface area (Å²) < 4.78 is 5.19. The second-order valence-electron chi connectivity index (χ2n) is 3.40. The molecule has 0 saturated carbocycles. The maximum atomic E-state index is 8.97. The SMILES string of the molecule is COc1ccc([C@H](N)CO)c(C)c1C. The molecule has 1 aromatic rings. The van der Waals surface area contributed by atoms with Gasteiger partial charge in [-0.2, -0.15) is 0 Å². The number of ether oxygens (including phenoxy) is 1. The Kier molecular flexibility index (Phi) is 3.49. The first kappa shape index (κ1) is 11.0. The fraction of sp³-hybridized carbons (Fsp3) is 0.455. The van der Waals surface area contributed by atoms with Crippen LogP contribution in [0.15, 0.2) is 12.1 Å². The lowest BCUT2D eigenvalue weighted by molar-refractivity contribution is 0.267. The standard InChI is InChI=1S/C11H17NO2/c1-7-8(2)11(14-3)5-4-9(7)10(12)6-13/h4-5,10,13H,6,12H2,1-3H3/t10-/m1/s1. The van der Waals surface area contributed by atoms with Crippen molar-refractivity contribution >= 4 is 0 Å². The molecule has 0 aliphatic carbocycles. The molecule has 0 aliphatic rings. The average Bonchev–Trinajstić information content (AvgIpc) is 2.21. The van der Waals surface area contributed by atoms with Gasteiger partial charge in [0.05, 0.1) is 19.8 Å². The van der Waals surface area contributed by atoms with Crippen LogP contribution < -0.4 is 10.5 Å². The smallest absolute Gasteiger partial charge is 0.122 e. The number of rotatable bonds is 3. The zero-order valence-electron chi connectivity index (χ0n) is 8.87. The Labute approximate surface area is 84.5 Å². The van der Waals surface area contributed by atoms with Crippen molar-refractivity contribution in [3.05, 3.63) is 28.8 Å². The Bertz CT molecular complexity index is 323. The maximum absolute atomic E-state index is 8.97. The van der Waals surface area contributed by atoms with Crippen molar-refractivity contribution in [3.8, 4) is 5.75 Å². The Balaban J connectivity index is 3.17. The molecule has 0 heterocycles. The van der Waals surface area contributed by atoms with E-state index in [-0.39, 0.29) is 12.6 Å². The molecule has 3 nitrogen and oxygen atoms in total. The minimum atomic E-state index is -0.306. The largest absolute Gasteiger partial charge is 0.496 e. The van der Waals surface area contributed by atoms with Gasteiger partial charge in [-0.15, -0.1) is 0 Å². The van der Waals surface area contributed by atoms with Gasteiger partial charge >= 0.3 is 0 Å². The van der Waals surface area contributed by atoms with Crippen LogP contribution in [0.1, 0.15) is 22.7 Å². The van der Waals surface area contributed by atoms with Crippen molar-refractivity contribution in [1.29, 1.82) is 0 Å². The first-order valence-electron chi connectivity index (χ1n) is 4.62. The van der Waals surface area contributed by atoms with Crippen molar-refractivity contribution in [3.63, 3.8) is 0 Å². The van der Waals surface area contributed by atoms with Crippen LogP contribution in [-0.2, 0) is 0 Å². The second kappa shape index (κ2) is 4.44. The van der Waals surface area contributed by atoms with Gasteiger partial charge in [0.15, 0.2) is 0 Å². The predicted molar refractivity (Wildman–Crippen MR) is 56.5 cm³/mol. The number of hydrogen-bond donors (Lipinski definition) is 2. The van der Waals surface area contributed by atoms with Gasteiger partial charge in [0.1, 0.15) is 5.75 Å². The van der Waals surface area contributed by atoms with Crippen LogP contribution in [0.5, 0.6) is 5.75 Å². The Morgan fingerprint density at radius 3 is 2.50 bits per heavy atom. The molecular weight excluding hydrogens is 178 g/mol. The van der Waals surface area contributed by atoms with Crippen LogP contribution in [0.2, 0.25) is 0 Å². The van der Waals surface area contributed by atoms with Gasteiger partial charge in [0.2, 0.25) is 0 Å². The van der Waals surface area contributed by atoms with E-state index in [4.69, 9.17) is 15.6 Å². The fourth-order valence-electron chi connectivity index (χ4n) is 1.54. The lowest BCUT2D eigenvalue weighted by Gasteiger charge is -2.16. The van der Waals surface area contributed by atoms with Gasteiger partial charge in [0.25, 0.3) is 0 Å². The Morgan fingerprint density at radius 1 is 1.36 bits per heavy atom. The number of hydrogen-bond acceptors (Lipinski definition) is 3. The van der Waals surface area contributed by atoms with Crippen LogP contribution in [-0.4, -0.2) is 18.8 Å². The quantitative estimate of drug-likeness (QED) is 0.764. The van der Waals surface area contributed by atoms with Crippen LogP contribution in [0.4, 0.5) is 0 Å². The molecule has 78 valence electrons. The van der Waals surface area contributed by atoms with Crippen LogP contribution in [0.25, 0.3) is 0 Å². The molecule has 3 N–H and O–H groups in total. The summed E-state index contributed by atoms with van der Waals surface area (Å²) in [6, 6.07) is 3.48. The van der Waals surface area contributed by atoms with Crippen molar-refractivity contribution in [1.82, 2.24) is 0 Å². The van der Waals surface area contributed by atoms with E-state index >= 15 is 0 Å². The molecule has 1 rings (SSSR count). The van der Waals surface area contributed by atoms with Crippen LogP contribution in [0.3, 0.4) is 0 Å². The van der Waals surface area contributed by atoms with E-state index in [9.17, 15) is 0 Å². The third-order valence-electron chi connectivity index (χ3n) is 2.60. The number of aliphatic hydroxyl groups excluding tert-OH is 1. The topological polar surface area (TPSA) is 55.5 Å². The van der Waals surface area contributed by atoms with E-state index in [1.54, 1.807) is 7.11 Å². The maximum Gasteiger partial charge on any atom is 0.122 e. The summed E-state index contributed by atoms with van der Waals surface area (Å²) in [7, 11) is 1.65. The monoisotopic (exact) mass is 195 g/mol. The molecule has 0 unspecified atom stereocenters. The first-order chi connectivity index (χ1) is 6.61. The molecule has 1 aromatic carbocycles. The molecule has 0 radical (unpaired) electrons. The molecular formula is C11H17NO2. The second-order valence-corrected chi connectivity index (χ2v) is 3.40. The van der Waals surface area contributed by atoms with Crippen LogP contribution >= 0.6 is 0 Å². The summed E-state index contributed by atoms with van der Waals surface area (Å²) >= 11 is 0. The van der Waals surface area contributed by atoms with Crippen molar-refractivity contribution in [2.24, 2.45) is 5.73 Å². The Morgan fingerprint density at radius 2 is 2.00 bits per heavy atom. The summed E-state index contributed by atoms with van der Waals surface area (Å²) in [5, 5.41) is 8.97. The molecule has 1 atom stereocenters. The first-order valence-corrected chi connectivity index (χ1v) is 4.62. The fourth-order valence-corrected chi connectivity index (χ4v) is 1.54. The predicted octanol–water partition coefficient (Wildman–Crippen LogP) is 1.30.